The summed E-state index contributed by atoms with van der Waals surface area (Å²) in [6, 6.07) is 15.6. The van der Waals surface area contributed by atoms with Gasteiger partial charge in [-0.2, -0.15) is 5.10 Å². The maximum atomic E-state index is 13.0. The second-order valence-electron chi connectivity index (χ2n) is 8.09. The Morgan fingerprint density at radius 3 is 2.44 bits per heavy atom. The zero-order valence-electron chi connectivity index (χ0n) is 20.3. The predicted molar refractivity (Wildman–Crippen MR) is 133 cm³/mol. The summed E-state index contributed by atoms with van der Waals surface area (Å²) in [4.78, 5) is 17.7. The number of hydrogen-bond donors (Lipinski definition) is 1. The third kappa shape index (κ3) is 4.46. The van der Waals surface area contributed by atoms with E-state index in [-0.39, 0.29) is 11.9 Å². The van der Waals surface area contributed by atoms with E-state index in [1.54, 1.807) is 10.7 Å². The van der Waals surface area contributed by atoms with Crippen LogP contribution in [0.15, 0.2) is 54.7 Å². The molecule has 0 radical (unpaired) electrons. The molecular weight excluding hydrogens is 428 g/mol. The largest absolute Gasteiger partial charge is 0.490 e. The summed E-state index contributed by atoms with van der Waals surface area (Å²) in [5.74, 6) is 1.21. The lowest BCUT2D eigenvalue weighted by Crippen LogP contribution is -2.28. The molecule has 4 aromatic rings. The summed E-state index contributed by atoms with van der Waals surface area (Å²) in [5.41, 5.74) is 5.60. The van der Waals surface area contributed by atoms with Gasteiger partial charge in [0.1, 0.15) is 0 Å². The molecule has 7 heteroatoms. The Morgan fingerprint density at radius 2 is 1.74 bits per heavy atom. The van der Waals surface area contributed by atoms with E-state index in [1.165, 1.54) is 0 Å². The lowest BCUT2D eigenvalue weighted by molar-refractivity contribution is 0.0938. The molecule has 4 rings (SSSR count). The molecule has 34 heavy (non-hydrogen) atoms. The maximum Gasteiger partial charge on any atom is 0.255 e. The fraction of sp³-hybridized carbons (Fsp3) is 0.296. The lowest BCUT2D eigenvalue weighted by atomic mass is 10.1. The number of benzene rings is 2. The molecule has 1 atom stereocenters. The van der Waals surface area contributed by atoms with Crippen molar-refractivity contribution in [2.45, 2.75) is 40.7 Å². The number of hydrogen-bond acceptors (Lipinski definition) is 5. The number of nitrogens with zero attached hydrogens (tertiary/aromatic N) is 3. The summed E-state index contributed by atoms with van der Waals surface area (Å²) < 4.78 is 13.2. The van der Waals surface area contributed by atoms with Gasteiger partial charge in [0.2, 0.25) is 0 Å². The van der Waals surface area contributed by atoms with Crippen molar-refractivity contribution in [1.82, 2.24) is 19.9 Å². The van der Waals surface area contributed by atoms with Crippen molar-refractivity contribution in [2.24, 2.45) is 0 Å². The van der Waals surface area contributed by atoms with Crippen LogP contribution < -0.4 is 14.8 Å². The number of ether oxygens (including phenoxy) is 2. The van der Waals surface area contributed by atoms with E-state index in [2.05, 4.69) is 10.3 Å². The Morgan fingerprint density at radius 1 is 1.03 bits per heavy atom. The molecule has 2 heterocycles. The van der Waals surface area contributed by atoms with Crippen LogP contribution in [0.4, 0.5) is 0 Å². The van der Waals surface area contributed by atoms with Gasteiger partial charge >= 0.3 is 0 Å². The van der Waals surface area contributed by atoms with E-state index in [4.69, 9.17) is 14.6 Å². The van der Waals surface area contributed by atoms with Gasteiger partial charge in [-0.3, -0.25) is 4.79 Å². The molecule has 1 N–H and O–H groups in total. The summed E-state index contributed by atoms with van der Waals surface area (Å²) >= 11 is 0. The topological polar surface area (TPSA) is 77.8 Å². The molecule has 0 unspecified atom stereocenters. The standard InChI is InChI=1S/C27H30N4O3/c1-6-33-23-14-13-21(15-24(23)34-7-2)25-18(4)30-31-19(5)22(16-28-26(25)31)27(32)29-17(3)20-11-9-8-10-12-20/h8-17H,6-7H2,1-5H3,(H,29,32)/t17-/m1/s1. The van der Waals surface area contributed by atoms with Crippen LogP contribution in [0.1, 0.15) is 54.1 Å². The number of aryl methyl sites for hydroxylation is 2. The van der Waals surface area contributed by atoms with Crippen molar-refractivity contribution >= 4 is 11.6 Å². The molecule has 0 aliphatic carbocycles. The van der Waals surface area contributed by atoms with E-state index in [9.17, 15) is 4.79 Å². The molecule has 0 aliphatic rings. The molecule has 2 aromatic carbocycles. The van der Waals surface area contributed by atoms with Crippen LogP contribution in [-0.2, 0) is 0 Å². The van der Waals surface area contributed by atoms with Crippen LogP contribution in [0.3, 0.4) is 0 Å². The molecule has 1 amide bonds. The zero-order valence-corrected chi connectivity index (χ0v) is 20.3. The molecular formula is C27H30N4O3. The Bertz CT molecular complexity index is 1310. The lowest BCUT2D eigenvalue weighted by Gasteiger charge is -2.15. The SMILES string of the molecule is CCOc1ccc(-c2c(C)nn3c(C)c(C(=O)N[C@H](C)c4ccccc4)cnc23)cc1OCC. The first-order chi connectivity index (χ1) is 16.4. The van der Waals surface area contributed by atoms with Gasteiger partial charge in [-0.1, -0.05) is 36.4 Å². The van der Waals surface area contributed by atoms with Gasteiger partial charge in [0.25, 0.3) is 5.91 Å². The maximum absolute atomic E-state index is 13.0. The van der Waals surface area contributed by atoms with Crippen LogP contribution in [0.5, 0.6) is 11.5 Å². The van der Waals surface area contributed by atoms with Crippen LogP contribution in [0.25, 0.3) is 16.8 Å². The molecule has 0 saturated carbocycles. The van der Waals surface area contributed by atoms with Gasteiger partial charge in [-0.25, -0.2) is 9.50 Å². The van der Waals surface area contributed by atoms with Gasteiger partial charge in [0.15, 0.2) is 17.1 Å². The van der Waals surface area contributed by atoms with E-state index in [0.29, 0.717) is 35.9 Å². The highest BCUT2D eigenvalue weighted by atomic mass is 16.5. The minimum absolute atomic E-state index is 0.125. The number of fused-ring (bicyclic) bond motifs is 1. The number of aromatic nitrogens is 3. The van der Waals surface area contributed by atoms with Crippen molar-refractivity contribution in [1.29, 1.82) is 0 Å². The highest BCUT2D eigenvalue weighted by Crippen LogP contribution is 2.36. The highest BCUT2D eigenvalue weighted by molar-refractivity contribution is 5.96. The average Bonchev–Trinajstić information content (AvgIpc) is 3.18. The fourth-order valence-electron chi connectivity index (χ4n) is 4.07. The summed E-state index contributed by atoms with van der Waals surface area (Å²) in [5, 5.41) is 7.77. The first-order valence-corrected chi connectivity index (χ1v) is 11.5. The number of nitrogens with one attached hydrogen (secondary N) is 1. The molecule has 2 aromatic heterocycles. The predicted octanol–water partition coefficient (Wildman–Crippen LogP) is 5.30. The Labute approximate surface area is 199 Å². The molecule has 176 valence electrons. The van der Waals surface area contributed by atoms with Gasteiger partial charge < -0.3 is 14.8 Å². The molecule has 0 saturated heterocycles. The van der Waals surface area contributed by atoms with Crippen molar-refractivity contribution in [3.63, 3.8) is 0 Å². The molecule has 0 spiro atoms. The number of carbonyl (C=O) groups is 1. The third-order valence-electron chi connectivity index (χ3n) is 5.78. The minimum Gasteiger partial charge on any atom is -0.490 e. The molecule has 7 nitrogen and oxygen atoms in total. The quantitative estimate of drug-likeness (QED) is 0.388. The summed E-state index contributed by atoms with van der Waals surface area (Å²) in [7, 11) is 0. The fourth-order valence-corrected chi connectivity index (χ4v) is 4.07. The minimum atomic E-state index is -0.183. The van der Waals surface area contributed by atoms with Crippen LogP contribution in [0.2, 0.25) is 0 Å². The summed E-state index contributed by atoms with van der Waals surface area (Å²) in [6.45, 7) is 10.8. The monoisotopic (exact) mass is 458 g/mol. The van der Waals surface area contributed by atoms with E-state index in [0.717, 1.165) is 28.1 Å². The molecule has 0 bridgehead atoms. The van der Waals surface area contributed by atoms with Crippen LogP contribution in [0, 0.1) is 13.8 Å². The van der Waals surface area contributed by atoms with Gasteiger partial charge in [0.05, 0.1) is 36.2 Å². The van der Waals surface area contributed by atoms with Gasteiger partial charge in [0, 0.05) is 11.8 Å². The van der Waals surface area contributed by atoms with Crippen molar-refractivity contribution in [3.8, 4) is 22.6 Å². The van der Waals surface area contributed by atoms with Crippen molar-refractivity contribution in [3.05, 3.63) is 77.2 Å². The Hall–Kier alpha value is -3.87. The average molecular weight is 459 g/mol. The van der Waals surface area contributed by atoms with Crippen molar-refractivity contribution < 1.29 is 14.3 Å². The second-order valence-corrected chi connectivity index (χ2v) is 8.09. The van der Waals surface area contributed by atoms with Crippen molar-refractivity contribution in [2.75, 3.05) is 13.2 Å². The van der Waals surface area contributed by atoms with Crippen LogP contribution in [-0.4, -0.2) is 33.7 Å². The second kappa shape index (κ2) is 9.95. The van der Waals surface area contributed by atoms with Crippen LogP contribution >= 0.6 is 0 Å². The Kier molecular flexibility index (Phi) is 6.82. The van der Waals surface area contributed by atoms with Gasteiger partial charge in [-0.15, -0.1) is 0 Å². The highest BCUT2D eigenvalue weighted by Gasteiger charge is 2.21. The smallest absolute Gasteiger partial charge is 0.255 e. The third-order valence-corrected chi connectivity index (χ3v) is 5.78. The normalized spacial score (nSPS) is 11.9. The number of carbonyl (C=O) groups excluding carboxylic acids is 1. The van der Waals surface area contributed by atoms with E-state index in [1.807, 2.05) is 83.1 Å². The van der Waals surface area contributed by atoms with E-state index >= 15 is 0 Å². The molecule has 0 fully saturated rings. The summed E-state index contributed by atoms with van der Waals surface area (Å²) in [6.07, 6.45) is 1.63. The first-order valence-electron chi connectivity index (χ1n) is 11.5. The van der Waals surface area contributed by atoms with Gasteiger partial charge in [-0.05, 0) is 57.9 Å². The Balaban J connectivity index is 1.70. The zero-order chi connectivity index (χ0) is 24.2. The first kappa shape index (κ1) is 23.3. The number of amides is 1. The number of rotatable bonds is 8. The van der Waals surface area contributed by atoms with E-state index < -0.39 is 0 Å². The molecule has 0 aliphatic heterocycles.